The number of likely N-dealkylation sites (tertiary alicyclic amines) is 1. The van der Waals surface area contributed by atoms with E-state index >= 15 is 0 Å². The summed E-state index contributed by atoms with van der Waals surface area (Å²) >= 11 is 0. The van der Waals surface area contributed by atoms with Crippen LogP contribution >= 0.6 is 0 Å². The summed E-state index contributed by atoms with van der Waals surface area (Å²) in [6.45, 7) is 1.69. The Morgan fingerprint density at radius 2 is 2.05 bits per heavy atom. The normalized spacial score (nSPS) is 16.1. The van der Waals surface area contributed by atoms with Crippen LogP contribution in [0.4, 0.5) is 4.79 Å². The number of carbonyl (C=O) groups is 1. The van der Waals surface area contributed by atoms with Crippen LogP contribution in [0, 0.1) is 17.2 Å². The molecule has 1 aromatic carbocycles. The van der Waals surface area contributed by atoms with Gasteiger partial charge in [0.05, 0.1) is 6.07 Å². The molecule has 0 unspecified atom stereocenters. The standard InChI is InChI=1S/C16H18N2O2/c17-10-4-7-14-8-11-18(12-9-14)16(19)20-13-15-5-2-1-3-6-15/h1-7,14H,8-9,11-13H2. The van der Waals surface area contributed by atoms with E-state index in [2.05, 4.69) is 0 Å². The van der Waals surface area contributed by atoms with Crippen molar-refractivity contribution in [1.29, 1.82) is 5.26 Å². The molecule has 0 saturated carbocycles. The molecule has 1 aliphatic rings. The molecule has 1 heterocycles. The van der Waals surface area contributed by atoms with Gasteiger partial charge in [-0.1, -0.05) is 36.4 Å². The molecule has 0 bridgehead atoms. The highest BCUT2D eigenvalue weighted by Gasteiger charge is 2.22. The van der Waals surface area contributed by atoms with Crippen molar-refractivity contribution in [3.8, 4) is 6.07 Å². The summed E-state index contributed by atoms with van der Waals surface area (Å²) in [6.07, 6.45) is 4.97. The first-order valence-electron chi connectivity index (χ1n) is 6.81. The second kappa shape index (κ2) is 7.34. The van der Waals surface area contributed by atoms with Crippen LogP contribution in [0.3, 0.4) is 0 Å². The fourth-order valence-electron chi connectivity index (χ4n) is 2.26. The molecule has 0 aromatic heterocycles. The van der Waals surface area contributed by atoms with Gasteiger partial charge in [0.2, 0.25) is 0 Å². The molecule has 104 valence electrons. The van der Waals surface area contributed by atoms with E-state index in [-0.39, 0.29) is 6.09 Å². The van der Waals surface area contributed by atoms with Gasteiger partial charge in [0, 0.05) is 19.2 Å². The molecule has 4 heteroatoms. The molecule has 0 N–H and O–H groups in total. The Morgan fingerprint density at radius 3 is 2.70 bits per heavy atom. The van der Waals surface area contributed by atoms with Crippen LogP contribution in [-0.4, -0.2) is 24.1 Å². The number of piperidine rings is 1. The summed E-state index contributed by atoms with van der Waals surface area (Å²) < 4.78 is 5.30. The second-order valence-corrected chi connectivity index (χ2v) is 4.85. The first-order chi connectivity index (χ1) is 9.79. The number of rotatable bonds is 3. The lowest BCUT2D eigenvalue weighted by atomic mass is 9.97. The third-order valence-electron chi connectivity index (χ3n) is 3.45. The minimum Gasteiger partial charge on any atom is -0.445 e. The average Bonchev–Trinajstić information content (AvgIpc) is 2.52. The largest absolute Gasteiger partial charge is 0.445 e. The second-order valence-electron chi connectivity index (χ2n) is 4.85. The molecule has 0 atom stereocenters. The number of nitriles is 1. The summed E-state index contributed by atoms with van der Waals surface area (Å²) in [5.41, 5.74) is 0.993. The molecule has 20 heavy (non-hydrogen) atoms. The van der Waals surface area contributed by atoms with Gasteiger partial charge in [-0.25, -0.2) is 4.79 Å². The highest BCUT2D eigenvalue weighted by molar-refractivity contribution is 5.67. The summed E-state index contributed by atoms with van der Waals surface area (Å²) in [5, 5.41) is 8.49. The van der Waals surface area contributed by atoms with Gasteiger partial charge >= 0.3 is 6.09 Å². The molecule has 0 spiro atoms. The van der Waals surface area contributed by atoms with Crippen LogP contribution < -0.4 is 0 Å². The molecular weight excluding hydrogens is 252 g/mol. The van der Waals surface area contributed by atoms with Crippen molar-refractivity contribution in [2.75, 3.05) is 13.1 Å². The van der Waals surface area contributed by atoms with E-state index in [9.17, 15) is 4.79 Å². The number of benzene rings is 1. The van der Waals surface area contributed by atoms with Crippen LogP contribution in [0.1, 0.15) is 18.4 Å². The average molecular weight is 270 g/mol. The molecule has 1 saturated heterocycles. The van der Waals surface area contributed by atoms with Gasteiger partial charge in [-0.2, -0.15) is 5.26 Å². The zero-order valence-electron chi connectivity index (χ0n) is 11.4. The lowest BCUT2D eigenvalue weighted by molar-refractivity contribution is 0.0854. The van der Waals surface area contributed by atoms with E-state index < -0.39 is 0 Å². The zero-order valence-corrected chi connectivity index (χ0v) is 11.4. The summed E-state index contributed by atoms with van der Waals surface area (Å²) in [6, 6.07) is 11.7. The molecule has 1 fully saturated rings. The topological polar surface area (TPSA) is 53.3 Å². The first kappa shape index (κ1) is 14.1. The Morgan fingerprint density at radius 1 is 1.35 bits per heavy atom. The number of amides is 1. The monoisotopic (exact) mass is 270 g/mol. The molecule has 1 amide bonds. The maximum Gasteiger partial charge on any atom is 0.410 e. The van der Waals surface area contributed by atoms with Gasteiger partial charge in [-0.05, 0) is 24.3 Å². The van der Waals surface area contributed by atoms with Crippen LogP contribution in [0.15, 0.2) is 42.5 Å². The van der Waals surface area contributed by atoms with Crippen molar-refractivity contribution in [2.24, 2.45) is 5.92 Å². The van der Waals surface area contributed by atoms with Gasteiger partial charge < -0.3 is 9.64 Å². The Labute approximate surface area is 119 Å². The minimum atomic E-state index is -0.253. The van der Waals surface area contributed by atoms with Gasteiger partial charge in [0.15, 0.2) is 0 Å². The van der Waals surface area contributed by atoms with E-state index in [0.717, 1.165) is 18.4 Å². The predicted molar refractivity (Wildman–Crippen MR) is 75.7 cm³/mol. The fourth-order valence-corrected chi connectivity index (χ4v) is 2.26. The highest BCUT2D eigenvalue weighted by atomic mass is 16.6. The van der Waals surface area contributed by atoms with Crippen molar-refractivity contribution in [3.63, 3.8) is 0 Å². The van der Waals surface area contributed by atoms with Crippen LogP contribution in [0.2, 0.25) is 0 Å². The smallest absolute Gasteiger partial charge is 0.410 e. The fraction of sp³-hybridized carbons (Fsp3) is 0.375. The molecule has 1 aromatic rings. The highest BCUT2D eigenvalue weighted by Crippen LogP contribution is 2.19. The van der Waals surface area contributed by atoms with E-state index in [1.165, 1.54) is 6.08 Å². The molecule has 2 rings (SSSR count). The Bertz CT molecular complexity index is 497. The quantitative estimate of drug-likeness (QED) is 0.793. The molecule has 4 nitrogen and oxygen atoms in total. The number of hydrogen-bond donors (Lipinski definition) is 0. The van der Waals surface area contributed by atoms with Crippen molar-refractivity contribution >= 4 is 6.09 Å². The van der Waals surface area contributed by atoms with Crippen LogP contribution in [0.5, 0.6) is 0 Å². The Hall–Kier alpha value is -2.28. The first-order valence-corrected chi connectivity index (χ1v) is 6.81. The summed E-state index contributed by atoms with van der Waals surface area (Å²) in [5.74, 6) is 0.396. The van der Waals surface area contributed by atoms with Crippen molar-refractivity contribution in [2.45, 2.75) is 19.4 Å². The van der Waals surface area contributed by atoms with Crippen LogP contribution in [-0.2, 0) is 11.3 Å². The molecule has 0 aliphatic carbocycles. The van der Waals surface area contributed by atoms with E-state index in [4.69, 9.17) is 10.00 Å². The molecule has 0 radical (unpaired) electrons. The van der Waals surface area contributed by atoms with E-state index in [1.807, 2.05) is 42.5 Å². The zero-order chi connectivity index (χ0) is 14.2. The van der Waals surface area contributed by atoms with Crippen LogP contribution in [0.25, 0.3) is 0 Å². The van der Waals surface area contributed by atoms with E-state index in [1.54, 1.807) is 4.90 Å². The van der Waals surface area contributed by atoms with Gasteiger partial charge in [0.1, 0.15) is 6.61 Å². The number of hydrogen-bond acceptors (Lipinski definition) is 3. The van der Waals surface area contributed by atoms with Gasteiger partial charge in [0.25, 0.3) is 0 Å². The minimum absolute atomic E-state index is 0.253. The summed E-state index contributed by atoms with van der Waals surface area (Å²) in [4.78, 5) is 13.7. The number of ether oxygens (including phenoxy) is 1. The molecular formula is C16H18N2O2. The predicted octanol–water partition coefficient (Wildman–Crippen LogP) is 3.11. The third-order valence-corrected chi connectivity index (χ3v) is 3.45. The number of nitrogens with zero attached hydrogens (tertiary/aromatic N) is 2. The van der Waals surface area contributed by atoms with Crippen molar-refractivity contribution in [3.05, 3.63) is 48.0 Å². The number of carbonyl (C=O) groups excluding carboxylic acids is 1. The maximum atomic E-state index is 11.9. The SMILES string of the molecule is N#CC=CC1CCN(C(=O)OCc2ccccc2)CC1. The van der Waals surface area contributed by atoms with Crippen molar-refractivity contribution in [1.82, 2.24) is 4.90 Å². The molecule has 1 aliphatic heterocycles. The third kappa shape index (κ3) is 4.13. The maximum absolute atomic E-state index is 11.9. The lowest BCUT2D eigenvalue weighted by Crippen LogP contribution is -2.38. The van der Waals surface area contributed by atoms with Gasteiger partial charge in [-0.3, -0.25) is 0 Å². The van der Waals surface area contributed by atoms with E-state index in [0.29, 0.717) is 25.6 Å². The Kier molecular flexibility index (Phi) is 5.19. The number of allylic oxidation sites excluding steroid dienone is 2. The summed E-state index contributed by atoms with van der Waals surface area (Å²) in [7, 11) is 0. The lowest BCUT2D eigenvalue weighted by Gasteiger charge is -2.29. The van der Waals surface area contributed by atoms with Crippen molar-refractivity contribution < 1.29 is 9.53 Å². The van der Waals surface area contributed by atoms with Gasteiger partial charge in [-0.15, -0.1) is 0 Å². The Balaban J connectivity index is 1.75.